The van der Waals surface area contributed by atoms with Gasteiger partial charge in [-0.15, -0.1) is 0 Å². The minimum atomic E-state index is -1.13. The molecule has 1 aromatic heterocycles. The monoisotopic (exact) mass is 249 g/mol. The van der Waals surface area contributed by atoms with Crippen molar-refractivity contribution in [3.63, 3.8) is 0 Å². The molecule has 1 aromatic carbocycles. The zero-order valence-electron chi connectivity index (χ0n) is 9.58. The Hall–Kier alpha value is -2.57. The zero-order chi connectivity index (χ0) is 13.0. The van der Waals surface area contributed by atoms with Crippen molar-refractivity contribution in [2.45, 2.75) is 6.92 Å². The molecule has 18 heavy (non-hydrogen) atoms. The van der Waals surface area contributed by atoms with Crippen molar-refractivity contribution in [3.05, 3.63) is 24.6 Å². The lowest BCUT2D eigenvalue weighted by Crippen LogP contribution is -2.07. The van der Waals surface area contributed by atoms with Gasteiger partial charge in [0.05, 0.1) is 12.2 Å². The Kier molecular flexibility index (Phi) is 3.42. The molecule has 2 N–H and O–H groups in total. The summed E-state index contributed by atoms with van der Waals surface area (Å²) in [7, 11) is 0. The highest BCUT2D eigenvalue weighted by molar-refractivity contribution is 5.84. The number of hydrogen-bond acceptors (Lipinski definition) is 5. The highest BCUT2D eigenvalue weighted by atomic mass is 16.5. The molecule has 7 heteroatoms. The smallest absolute Gasteiger partial charge is 0.409 e. The van der Waals surface area contributed by atoms with Crippen molar-refractivity contribution in [3.8, 4) is 17.1 Å². The molecule has 2 rings (SSSR count). The minimum Gasteiger partial charge on any atom is -0.493 e. The van der Waals surface area contributed by atoms with Gasteiger partial charge in [0.1, 0.15) is 5.75 Å². The van der Waals surface area contributed by atoms with Crippen molar-refractivity contribution in [2.24, 2.45) is 0 Å². The van der Waals surface area contributed by atoms with Crippen LogP contribution in [0.3, 0.4) is 0 Å². The molecule has 0 unspecified atom stereocenters. The summed E-state index contributed by atoms with van der Waals surface area (Å²) in [5, 5.41) is 14.6. The number of carboxylic acid groups (broad SMARTS) is 1. The largest absolute Gasteiger partial charge is 0.493 e. The van der Waals surface area contributed by atoms with Crippen molar-refractivity contribution in [2.75, 3.05) is 11.9 Å². The number of hydrogen-bond donors (Lipinski definition) is 2. The number of rotatable bonds is 4. The van der Waals surface area contributed by atoms with Crippen molar-refractivity contribution in [1.29, 1.82) is 0 Å². The van der Waals surface area contributed by atoms with Crippen LogP contribution in [-0.2, 0) is 0 Å². The molecule has 0 radical (unpaired) electrons. The summed E-state index contributed by atoms with van der Waals surface area (Å²) in [5.74, 6) is 0.880. The Balaban J connectivity index is 2.38. The van der Waals surface area contributed by atoms with Crippen LogP contribution in [0.5, 0.6) is 5.75 Å². The van der Waals surface area contributed by atoms with Crippen LogP contribution in [0, 0.1) is 0 Å². The van der Waals surface area contributed by atoms with Gasteiger partial charge in [0.2, 0.25) is 12.2 Å². The Labute approximate surface area is 102 Å². The molecule has 0 aliphatic heterocycles. The predicted molar refractivity (Wildman–Crippen MR) is 62.6 cm³/mol. The van der Waals surface area contributed by atoms with Gasteiger partial charge in [-0.2, -0.15) is 4.98 Å². The Bertz CT molecular complexity index is 539. The van der Waals surface area contributed by atoms with E-state index in [0.29, 0.717) is 29.4 Å². The Morgan fingerprint density at radius 3 is 3.00 bits per heavy atom. The molecule has 0 aliphatic rings. The van der Waals surface area contributed by atoms with Crippen LogP contribution in [0.15, 0.2) is 29.1 Å². The second kappa shape index (κ2) is 5.17. The van der Waals surface area contributed by atoms with E-state index >= 15 is 0 Å². The van der Waals surface area contributed by atoms with Crippen LogP contribution >= 0.6 is 0 Å². The molecule has 0 bridgehead atoms. The normalized spacial score (nSPS) is 10.1. The van der Waals surface area contributed by atoms with Crippen LogP contribution in [-0.4, -0.2) is 27.9 Å². The summed E-state index contributed by atoms with van der Waals surface area (Å²) >= 11 is 0. The van der Waals surface area contributed by atoms with Gasteiger partial charge in [-0.25, -0.2) is 4.79 Å². The molecular weight excluding hydrogens is 238 g/mol. The Morgan fingerprint density at radius 2 is 2.39 bits per heavy atom. The summed E-state index contributed by atoms with van der Waals surface area (Å²) in [6.07, 6.45) is 0.0823. The van der Waals surface area contributed by atoms with E-state index in [1.165, 1.54) is 6.39 Å². The maximum Gasteiger partial charge on any atom is 0.409 e. The average molecular weight is 249 g/mol. The lowest BCUT2D eigenvalue weighted by molar-refractivity contribution is 0.209. The van der Waals surface area contributed by atoms with Crippen LogP contribution in [0.2, 0.25) is 0 Å². The second-order valence-corrected chi connectivity index (χ2v) is 3.33. The van der Waals surface area contributed by atoms with Crippen molar-refractivity contribution >= 4 is 11.8 Å². The van der Waals surface area contributed by atoms with Crippen molar-refractivity contribution < 1.29 is 19.2 Å². The number of anilines is 1. The average Bonchev–Trinajstić information content (AvgIpc) is 2.82. The predicted octanol–water partition coefficient (Wildman–Crippen LogP) is 2.23. The number of nitrogens with one attached hydrogen (secondary N) is 1. The third kappa shape index (κ3) is 2.57. The summed E-state index contributed by atoms with van der Waals surface area (Å²) in [4.78, 5) is 14.5. The fourth-order valence-corrected chi connectivity index (χ4v) is 1.47. The number of carbonyl (C=O) groups is 1. The fraction of sp³-hybridized carbons (Fsp3) is 0.182. The molecule has 0 saturated heterocycles. The van der Waals surface area contributed by atoms with Gasteiger partial charge in [0.25, 0.3) is 0 Å². The van der Waals surface area contributed by atoms with Crippen LogP contribution < -0.4 is 10.1 Å². The van der Waals surface area contributed by atoms with Crippen molar-refractivity contribution in [1.82, 2.24) is 10.1 Å². The van der Waals surface area contributed by atoms with E-state index in [4.69, 9.17) is 9.84 Å². The van der Waals surface area contributed by atoms with Gasteiger partial charge < -0.3 is 14.4 Å². The molecule has 94 valence electrons. The molecule has 0 fully saturated rings. The third-order valence-corrected chi connectivity index (χ3v) is 2.13. The zero-order valence-corrected chi connectivity index (χ0v) is 9.58. The number of nitrogens with zero attached hydrogens (tertiary/aromatic N) is 2. The van der Waals surface area contributed by atoms with E-state index in [1.807, 2.05) is 6.92 Å². The first kappa shape index (κ1) is 11.9. The van der Waals surface area contributed by atoms with Crippen LogP contribution in [0.1, 0.15) is 6.92 Å². The molecule has 0 spiro atoms. The van der Waals surface area contributed by atoms with Gasteiger partial charge in [0, 0.05) is 11.8 Å². The summed E-state index contributed by atoms with van der Waals surface area (Å²) in [6.45, 7) is 2.28. The molecule has 0 aliphatic carbocycles. The van der Waals surface area contributed by atoms with E-state index in [2.05, 4.69) is 20.0 Å². The van der Waals surface area contributed by atoms with Gasteiger partial charge in [-0.1, -0.05) is 5.16 Å². The molecule has 0 atom stereocenters. The van der Waals surface area contributed by atoms with E-state index in [0.717, 1.165) is 0 Å². The first-order chi connectivity index (χ1) is 8.70. The maximum absolute atomic E-state index is 10.6. The Morgan fingerprint density at radius 1 is 1.56 bits per heavy atom. The van der Waals surface area contributed by atoms with Gasteiger partial charge in [0.15, 0.2) is 0 Å². The number of amides is 1. The number of aromatic nitrogens is 2. The highest BCUT2D eigenvalue weighted by Gasteiger charge is 2.12. The highest BCUT2D eigenvalue weighted by Crippen LogP contribution is 2.30. The van der Waals surface area contributed by atoms with Gasteiger partial charge in [-0.05, 0) is 19.1 Å². The van der Waals surface area contributed by atoms with E-state index < -0.39 is 6.09 Å². The minimum absolute atomic E-state index is 0.389. The lowest BCUT2D eigenvalue weighted by atomic mass is 10.1. The first-order valence-corrected chi connectivity index (χ1v) is 5.24. The lowest BCUT2D eigenvalue weighted by Gasteiger charge is -2.09. The molecule has 0 saturated carbocycles. The number of benzene rings is 1. The molecule has 7 nitrogen and oxygen atoms in total. The van der Waals surface area contributed by atoms with Crippen LogP contribution in [0.4, 0.5) is 10.5 Å². The second-order valence-electron chi connectivity index (χ2n) is 3.33. The molecular formula is C11H11N3O4. The van der Waals surface area contributed by atoms with E-state index in [9.17, 15) is 4.79 Å². The van der Waals surface area contributed by atoms with E-state index in [1.54, 1.807) is 18.2 Å². The third-order valence-electron chi connectivity index (χ3n) is 2.13. The van der Waals surface area contributed by atoms with Crippen LogP contribution in [0.25, 0.3) is 11.4 Å². The summed E-state index contributed by atoms with van der Waals surface area (Å²) in [6, 6.07) is 4.84. The molecule has 1 heterocycles. The quantitative estimate of drug-likeness (QED) is 0.862. The van der Waals surface area contributed by atoms with Gasteiger partial charge in [-0.3, -0.25) is 5.32 Å². The standard InChI is InChI=1S/C11H11N3O4/c1-2-17-9-5-7(13-11(15)16)3-4-8(9)10-12-6-18-14-10/h3-6,13H,2H2,1H3,(H,15,16). The molecule has 1 amide bonds. The van der Waals surface area contributed by atoms with E-state index in [-0.39, 0.29) is 0 Å². The molecule has 2 aromatic rings. The summed E-state index contributed by atoms with van der Waals surface area (Å²) < 4.78 is 10.1. The van der Waals surface area contributed by atoms with Gasteiger partial charge >= 0.3 is 6.09 Å². The fourth-order valence-electron chi connectivity index (χ4n) is 1.47. The maximum atomic E-state index is 10.6. The first-order valence-electron chi connectivity index (χ1n) is 5.24. The summed E-state index contributed by atoms with van der Waals surface area (Å²) in [5.41, 5.74) is 1.06. The topological polar surface area (TPSA) is 97.5 Å². The SMILES string of the molecule is CCOc1cc(NC(=O)O)ccc1-c1ncon1. The number of ether oxygens (including phenoxy) is 1.